The fraction of sp³-hybridized carbons (Fsp3) is 0.412. The van der Waals surface area contributed by atoms with Crippen LogP contribution in [0.3, 0.4) is 0 Å². The quantitative estimate of drug-likeness (QED) is 0.931. The van der Waals surface area contributed by atoms with Crippen LogP contribution in [0.1, 0.15) is 48.8 Å². The maximum atomic E-state index is 5.21. The molecule has 0 radical (unpaired) electrons. The molecule has 4 heteroatoms. The number of hydrogen-bond donors (Lipinski definition) is 1. The summed E-state index contributed by atoms with van der Waals surface area (Å²) in [6.07, 6.45) is 11.8. The third kappa shape index (κ3) is 2.35. The Hall–Kier alpha value is -2.10. The summed E-state index contributed by atoms with van der Waals surface area (Å²) in [7, 11) is 0. The lowest BCUT2D eigenvalue weighted by Gasteiger charge is -2.24. The van der Waals surface area contributed by atoms with Crippen molar-refractivity contribution in [3.8, 4) is 0 Å². The van der Waals surface area contributed by atoms with Crippen LogP contribution in [-0.4, -0.2) is 16.7 Å². The number of aromatic nitrogens is 1. The van der Waals surface area contributed by atoms with Gasteiger partial charge in [-0.1, -0.05) is 19.3 Å². The Bertz CT molecular complexity index is 655. The average molecular weight is 281 g/mol. The number of hydrogen-bond acceptors (Lipinski definition) is 4. The molecule has 0 spiro atoms. The minimum atomic E-state index is 0.545. The first-order valence-electron chi connectivity index (χ1n) is 7.73. The molecule has 21 heavy (non-hydrogen) atoms. The highest BCUT2D eigenvalue weighted by molar-refractivity contribution is 6.17. The molecule has 108 valence electrons. The maximum absolute atomic E-state index is 5.21. The summed E-state index contributed by atoms with van der Waals surface area (Å²) in [5.74, 6) is 0.983. The summed E-state index contributed by atoms with van der Waals surface area (Å²) in [5.41, 5.74) is 4.45. The summed E-state index contributed by atoms with van der Waals surface area (Å²) >= 11 is 0. The van der Waals surface area contributed by atoms with Crippen molar-refractivity contribution in [2.45, 2.75) is 44.7 Å². The van der Waals surface area contributed by atoms with Crippen LogP contribution in [0.5, 0.6) is 0 Å². The van der Waals surface area contributed by atoms with Crippen molar-refractivity contribution in [3.63, 3.8) is 0 Å². The highest BCUT2D eigenvalue weighted by Gasteiger charge is 2.24. The Morgan fingerprint density at radius 1 is 1.14 bits per heavy atom. The van der Waals surface area contributed by atoms with Crippen molar-refractivity contribution in [2.24, 2.45) is 4.99 Å². The first-order chi connectivity index (χ1) is 10.4. The van der Waals surface area contributed by atoms with Crippen molar-refractivity contribution in [1.82, 2.24) is 4.98 Å². The van der Waals surface area contributed by atoms with Crippen molar-refractivity contribution in [1.29, 1.82) is 0 Å². The molecular formula is C17H19N3O. The molecule has 4 nitrogen and oxygen atoms in total. The largest absolute Gasteiger partial charge is 0.472 e. The van der Waals surface area contributed by atoms with Gasteiger partial charge in [0.1, 0.15) is 5.82 Å². The molecule has 4 rings (SSSR count). The predicted molar refractivity (Wildman–Crippen MR) is 82.8 cm³/mol. The van der Waals surface area contributed by atoms with Crippen LogP contribution in [-0.2, 0) is 6.54 Å². The first-order valence-corrected chi connectivity index (χ1v) is 7.73. The van der Waals surface area contributed by atoms with Gasteiger partial charge in [-0.2, -0.15) is 0 Å². The molecule has 1 aliphatic heterocycles. The molecular weight excluding hydrogens is 262 g/mol. The minimum absolute atomic E-state index is 0.545. The number of nitrogens with zero attached hydrogens (tertiary/aromatic N) is 2. The Morgan fingerprint density at radius 3 is 2.86 bits per heavy atom. The van der Waals surface area contributed by atoms with Gasteiger partial charge in [0, 0.05) is 23.4 Å². The minimum Gasteiger partial charge on any atom is -0.472 e. The van der Waals surface area contributed by atoms with Gasteiger partial charge in [0.25, 0.3) is 0 Å². The van der Waals surface area contributed by atoms with Crippen LogP contribution in [0, 0.1) is 0 Å². The van der Waals surface area contributed by atoms with Crippen LogP contribution >= 0.6 is 0 Å². The van der Waals surface area contributed by atoms with E-state index in [0.29, 0.717) is 6.04 Å². The SMILES string of the molecule is c1cc2c(c(NC3CCCCC3)n1)C(c1ccoc1)=NC2. The number of furan rings is 1. The van der Waals surface area contributed by atoms with Crippen molar-refractivity contribution >= 4 is 11.5 Å². The molecule has 1 aliphatic carbocycles. The number of nitrogens with one attached hydrogen (secondary N) is 1. The van der Waals surface area contributed by atoms with Gasteiger partial charge in [0.2, 0.25) is 0 Å². The monoisotopic (exact) mass is 281 g/mol. The second-order valence-electron chi connectivity index (χ2n) is 5.85. The lowest BCUT2D eigenvalue weighted by atomic mass is 9.95. The Labute approximate surface area is 124 Å². The molecule has 1 saturated carbocycles. The van der Waals surface area contributed by atoms with Gasteiger partial charge in [-0.25, -0.2) is 4.98 Å². The summed E-state index contributed by atoms with van der Waals surface area (Å²) in [6, 6.07) is 4.58. The topological polar surface area (TPSA) is 50.4 Å². The Kier molecular flexibility index (Phi) is 3.22. The van der Waals surface area contributed by atoms with Crippen LogP contribution in [0.15, 0.2) is 40.3 Å². The fourth-order valence-corrected chi connectivity index (χ4v) is 3.33. The lowest BCUT2D eigenvalue weighted by molar-refractivity contribution is 0.462. The zero-order valence-electron chi connectivity index (χ0n) is 12.0. The van der Waals surface area contributed by atoms with E-state index in [4.69, 9.17) is 4.42 Å². The number of anilines is 1. The number of fused-ring (bicyclic) bond motifs is 1. The molecule has 0 aromatic carbocycles. The molecule has 2 aromatic heterocycles. The first kappa shape index (κ1) is 12.6. The maximum Gasteiger partial charge on any atom is 0.135 e. The van der Waals surface area contributed by atoms with Crippen molar-refractivity contribution in [3.05, 3.63) is 47.5 Å². The van der Waals surface area contributed by atoms with E-state index < -0.39 is 0 Å². The summed E-state index contributed by atoms with van der Waals surface area (Å²) in [6.45, 7) is 0.734. The molecule has 0 amide bonds. The normalized spacial score (nSPS) is 18.4. The van der Waals surface area contributed by atoms with E-state index in [2.05, 4.69) is 21.4 Å². The fourth-order valence-electron chi connectivity index (χ4n) is 3.33. The highest BCUT2D eigenvalue weighted by Crippen LogP contribution is 2.30. The molecule has 3 heterocycles. The van der Waals surface area contributed by atoms with Gasteiger partial charge in [-0.05, 0) is 30.5 Å². The van der Waals surface area contributed by atoms with E-state index in [-0.39, 0.29) is 0 Å². The van der Waals surface area contributed by atoms with E-state index in [1.807, 2.05) is 12.3 Å². The predicted octanol–water partition coefficient (Wildman–Crippen LogP) is 3.77. The number of rotatable bonds is 3. The van der Waals surface area contributed by atoms with E-state index in [0.717, 1.165) is 29.2 Å². The van der Waals surface area contributed by atoms with Crippen molar-refractivity contribution < 1.29 is 4.42 Å². The molecule has 0 unspecified atom stereocenters. The van der Waals surface area contributed by atoms with Crippen LogP contribution in [0.4, 0.5) is 5.82 Å². The highest BCUT2D eigenvalue weighted by atomic mass is 16.3. The van der Waals surface area contributed by atoms with Gasteiger partial charge in [-0.3, -0.25) is 4.99 Å². The van der Waals surface area contributed by atoms with Gasteiger partial charge in [0.05, 0.1) is 24.8 Å². The van der Waals surface area contributed by atoms with E-state index in [9.17, 15) is 0 Å². The molecule has 1 N–H and O–H groups in total. The molecule has 2 aliphatic rings. The second-order valence-corrected chi connectivity index (χ2v) is 5.85. The Balaban J connectivity index is 1.67. The second kappa shape index (κ2) is 5.35. The van der Waals surface area contributed by atoms with Crippen LogP contribution < -0.4 is 5.32 Å². The number of aliphatic imine (C=N–C) groups is 1. The standard InChI is InChI=1S/C17H19N3O/c1-2-4-14(5-3-1)20-17-15-12(6-8-18-17)10-19-16(15)13-7-9-21-11-13/h6-9,11,14H,1-5,10H2,(H,18,20). The van der Waals surface area contributed by atoms with Gasteiger partial charge < -0.3 is 9.73 Å². The molecule has 0 saturated heterocycles. The van der Waals surface area contributed by atoms with Crippen LogP contribution in [0.2, 0.25) is 0 Å². The zero-order valence-corrected chi connectivity index (χ0v) is 12.0. The summed E-state index contributed by atoms with van der Waals surface area (Å²) in [4.78, 5) is 9.26. The molecule has 1 fully saturated rings. The zero-order chi connectivity index (χ0) is 14.1. The molecule has 2 aromatic rings. The van der Waals surface area contributed by atoms with Gasteiger partial charge >= 0.3 is 0 Å². The summed E-state index contributed by atoms with van der Waals surface area (Å²) < 4.78 is 5.21. The van der Waals surface area contributed by atoms with Crippen LogP contribution in [0.25, 0.3) is 0 Å². The number of pyridine rings is 1. The molecule has 0 bridgehead atoms. The van der Waals surface area contributed by atoms with E-state index in [1.165, 1.54) is 37.7 Å². The lowest BCUT2D eigenvalue weighted by Crippen LogP contribution is -2.24. The average Bonchev–Trinajstić information content (AvgIpc) is 3.17. The molecule has 0 atom stereocenters. The van der Waals surface area contributed by atoms with Crippen molar-refractivity contribution in [2.75, 3.05) is 5.32 Å². The van der Waals surface area contributed by atoms with E-state index >= 15 is 0 Å². The third-order valence-electron chi connectivity index (χ3n) is 4.42. The van der Waals surface area contributed by atoms with E-state index in [1.54, 1.807) is 12.5 Å². The van der Waals surface area contributed by atoms with Gasteiger partial charge in [0.15, 0.2) is 0 Å². The Morgan fingerprint density at radius 2 is 2.05 bits per heavy atom. The summed E-state index contributed by atoms with van der Waals surface area (Å²) in [5, 5.41) is 3.65. The van der Waals surface area contributed by atoms with Gasteiger partial charge in [-0.15, -0.1) is 0 Å². The third-order valence-corrected chi connectivity index (χ3v) is 4.42. The smallest absolute Gasteiger partial charge is 0.135 e.